The molecule has 0 aromatic rings. The molecule has 0 aliphatic heterocycles. The zero-order chi connectivity index (χ0) is 7.28. The first-order valence-electron chi connectivity index (χ1n) is 2.64. The van der Waals surface area contributed by atoms with Crippen molar-refractivity contribution in [1.29, 1.82) is 0 Å². The molecule has 1 radical (unpaired) electrons. The fourth-order valence-corrected chi connectivity index (χ4v) is 0.262. The van der Waals surface area contributed by atoms with Crippen LogP contribution < -0.4 is 0 Å². The first-order chi connectivity index (χ1) is 4.16. The van der Waals surface area contributed by atoms with Crippen LogP contribution in [0.1, 0.15) is 6.92 Å². The average molecular weight is 153 g/mol. The number of carbonyl (C=O) groups excluding carboxylic acids is 1. The van der Waals surface area contributed by atoms with Crippen molar-refractivity contribution in [3.63, 3.8) is 0 Å². The summed E-state index contributed by atoms with van der Waals surface area (Å²) in [5, 5.41) is 8.59. The van der Waals surface area contributed by atoms with Crippen LogP contribution >= 0.6 is 0 Å². The predicted molar refractivity (Wildman–Crippen MR) is 38.6 cm³/mol. The topological polar surface area (TPSA) is 46.5 Å². The number of rotatable bonds is 3. The molecule has 0 bridgehead atoms. The Bertz CT molecular complexity index is 112. The summed E-state index contributed by atoms with van der Waals surface area (Å²) in [4.78, 5) is 10.3. The molecule has 53 valence electrons. The Morgan fingerprint density at radius 2 is 2.40 bits per heavy atom. The van der Waals surface area contributed by atoms with Crippen molar-refractivity contribution >= 4 is 35.5 Å². The van der Waals surface area contributed by atoms with Gasteiger partial charge in [0.15, 0.2) is 0 Å². The second kappa shape index (κ2) is 7.28. The first-order valence-corrected chi connectivity index (χ1v) is 2.64. The predicted octanol–water partition coefficient (Wildman–Crippen LogP) is -0.284. The fourth-order valence-electron chi connectivity index (χ4n) is 0.262. The van der Waals surface area contributed by atoms with Crippen molar-refractivity contribution in [1.82, 2.24) is 0 Å². The van der Waals surface area contributed by atoms with E-state index in [1.54, 1.807) is 0 Å². The minimum Gasteiger partial charge on any atom is -0.460 e. The summed E-state index contributed by atoms with van der Waals surface area (Å²) >= 11 is 0. The number of ether oxygens (including phenoxy) is 1. The van der Waals surface area contributed by atoms with Gasteiger partial charge in [0.1, 0.15) is 6.61 Å². The van der Waals surface area contributed by atoms with Gasteiger partial charge in [-0.2, -0.15) is 0 Å². The third kappa shape index (κ3) is 8.17. The molecule has 0 aliphatic rings. The normalized spacial score (nSPS) is 11.0. The van der Waals surface area contributed by atoms with Crippen molar-refractivity contribution < 1.29 is 14.6 Å². The fraction of sp³-hybridized carbons (Fsp3) is 0.500. The van der Waals surface area contributed by atoms with Gasteiger partial charge in [-0.05, 0) is 6.92 Å². The molecule has 4 heteroatoms. The molecule has 10 heavy (non-hydrogen) atoms. The van der Waals surface area contributed by atoms with Crippen LogP contribution in [-0.4, -0.2) is 53.3 Å². The smallest absolute Gasteiger partial charge is 0.330 e. The van der Waals surface area contributed by atoms with Crippen molar-refractivity contribution in [3.05, 3.63) is 12.7 Å². The van der Waals surface area contributed by atoms with Gasteiger partial charge in [-0.3, -0.25) is 0 Å². The van der Waals surface area contributed by atoms with Crippen molar-refractivity contribution in [2.45, 2.75) is 13.0 Å². The van der Waals surface area contributed by atoms with Crippen LogP contribution in [0.25, 0.3) is 0 Å². The Kier molecular flexibility index (Phi) is 9.33. The SMILES string of the molecule is C=CC(=O)OCC(C)O.[Na]. The number of carbonyl (C=O) groups is 1. The largest absolute Gasteiger partial charge is 0.460 e. The number of aliphatic hydroxyl groups excluding tert-OH is 1. The van der Waals surface area contributed by atoms with Crippen LogP contribution in [0.3, 0.4) is 0 Å². The molecule has 0 aliphatic carbocycles. The zero-order valence-corrected chi connectivity index (χ0v) is 8.33. The Balaban J connectivity index is 0. The molecule has 0 aromatic heterocycles. The first kappa shape index (κ1) is 12.8. The van der Waals surface area contributed by atoms with Gasteiger partial charge in [0.2, 0.25) is 0 Å². The van der Waals surface area contributed by atoms with E-state index in [9.17, 15) is 4.79 Å². The third-order valence-corrected chi connectivity index (χ3v) is 0.633. The maximum atomic E-state index is 10.3. The number of hydrogen-bond donors (Lipinski definition) is 1. The maximum absolute atomic E-state index is 10.3. The Morgan fingerprint density at radius 1 is 1.90 bits per heavy atom. The third-order valence-electron chi connectivity index (χ3n) is 0.633. The standard InChI is InChI=1S/C6H10O3.Na/c1-3-6(8)9-4-5(2)7;/h3,5,7H,1,4H2,2H3;. The van der Waals surface area contributed by atoms with Gasteiger partial charge in [-0.25, -0.2) is 4.79 Å². The Hall–Kier alpha value is 0.170. The molecular formula is C6H10NaO3. The summed E-state index contributed by atoms with van der Waals surface area (Å²) in [6, 6.07) is 0. The summed E-state index contributed by atoms with van der Waals surface area (Å²) in [6.45, 7) is 4.75. The van der Waals surface area contributed by atoms with E-state index in [-0.39, 0.29) is 36.2 Å². The molecule has 0 saturated carbocycles. The van der Waals surface area contributed by atoms with Gasteiger partial charge < -0.3 is 9.84 Å². The van der Waals surface area contributed by atoms with Crippen LogP contribution in [-0.2, 0) is 9.53 Å². The molecule has 1 atom stereocenters. The number of esters is 1. The molecule has 0 aromatic carbocycles. The number of aliphatic hydroxyl groups is 1. The monoisotopic (exact) mass is 153 g/mol. The molecule has 1 unspecified atom stereocenters. The Labute approximate surface area is 82.4 Å². The summed E-state index contributed by atoms with van der Waals surface area (Å²) < 4.78 is 4.45. The van der Waals surface area contributed by atoms with Crippen LogP contribution in [0.15, 0.2) is 12.7 Å². The quantitative estimate of drug-likeness (QED) is 0.344. The van der Waals surface area contributed by atoms with E-state index in [2.05, 4.69) is 11.3 Å². The molecule has 3 nitrogen and oxygen atoms in total. The van der Waals surface area contributed by atoms with Gasteiger partial charge in [-0.1, -0.05) is 6.58 Å². The molecule has 1 N–H and O–H groups in total. The van der Waals surface area contributed by atoms with E-state index in [4.69, 9.17) is 5.11 Å². The van der Waals surface area contributed by atoms with Gasteiger partial charge in [-0.15, -0.1) is 0 Å². The van der Waals surface area contributed by atoms with Crippen molar-refractivity contribution in [2.24, 2.45) is 0 Å². The summed E-state index contributed by atoms with van der Waals surface area (Å²) in [6.07, 6.45) is 0.455. The van der Waals surface area contributed by atoms with Crippen LogP contribution in [0.4, 0.5) is 0 Å². The second-order valence-electron chi connectivity index (χ2n) is 1.68. The average Bonchev–Trinajstić information content (AvgIpc) is 1.83. The molecule has 0 amide bonds. The van der Waals surface area contributed by atoms with Crippen LogP contribution in [0.2, 0.25) is 0 Å². The van der Waals surface area contributed by atoms with Gasteiger partial charge in [0.25, 0.3) is 0 Å². The van der Waals surface area contributed by atoms with E-state index in [1.807, 2.05) is 0 Å². The molecule has 0 heterocycles. The zero-order valence-electron chi connectivity index (χ0n) is 6.33. The number of hydrogen-bond acceptors (Lipinski definition) is 3. The van der Waals surface area contributed by atoms with Gasteiger partial charge >= 0.3 is 5.97 Å². The van der Waals surface area contributed by atoms with Gasteiger partial charge in [0.05, 0.1) is 6.10 Å². The van der Waals surface area contributed by atoms with Crippen LogP contribution in [0, 0.1) is 0 Å². The molecule has 0 saturated heterocycles. The van der Waals surface area contributed by atoms with Crippen LogP contribution in [0.5, 0.6) is 0 Å². The molecular weight excluding hydrogens is 143 g/mol. The van der Waals surface area contributed by atoms with E-state index in [1.165, 1.54) is 6.92 Å². The van der Waals surface area contributed by atoms with E-state index in [0.717, 1.165) is 6.08 Å². The van der Waals surface area contributed by atoms with Crippen molar-refractivity contribution in [3.8, 4) is 0 Å². The summed E-state index contributed by atoms with van der Waals surface area (Å²) in [5.41, 5.74) is 0. The van der Waals surface area contributed by atoms with E-state index < -0.39 is 12.1 Å². The summed E-state index contributed by atoms with van der Waals surface area (Å²) in [5.74, 6) is -0.504. The maximum Gasteiger partial charge on any atom is 0.330 e. The molecule has 0 spiro atoms. The molecule has 0 rings (SSSR count). The minimum absolute atomic E-state index is 0. The van der Waals surface area contributed by atoms with E-state index >= 15 is 0 Å². The van der Waals surface area contributed by atoms with E-state index in [0.29, 0.717) is 0 Å². The summed E-state index contributed by atoms with van der Waals surface area (Å²) in [7, 11) is 0. The second-order valence-corrected chi connectivity index (χ2v) is 1.68. The van der Waals surface area contributed by atoms with Gasteiger partial charge in [0, 0.05) is 35.6 Å². The minimum atomic E-state index is -0.603. The van der Waals surface area contributed by atoms with Crippen molar-refractivity contribution in [2.75, 3.05) is 6.61 Å². The molecule has 0 fully saturated rings. The Morgan fingerprint density at radius 3 is 2.70 bits per heavy atom.